The Morgan fingerprint density at radius 2 is 1.78 bits per heavy atom. The van der Waals surface area contributed by atoms with Crippen molar-refractivity contribution in [2.24, 2.45) is 0 Å². The molecule has 1 aliphatic heterocycles. The first-order valence-electron chi connectivity index (χ1n) is 7.07. The van der Waals surface area contributed by atoms with E-state index in [0.29, 0.717) is 16.5 Å². The Morgan fingerprint density at radius 3 is 2.39 bits per heavy atom. The summed E-state index contributed by atoms with van der Waals surface area (Å²) >= 11 is 0. The van der Waals surface area contributed by atoms with Crippen molar-refractivity contribution in [2.75, 3.05) is 19.0 Å². The summed E-state index contributed by atoms with van der Waals surface area (Å²) in [6, 6.07) is 8.74. The van der Waals surface area contributed by atoms with Crippen LogP contribution >= 0.6 is 0 Å². The topological polar surface area (TPSA) is 69.7 Å². The van der Waals surface area contributed by atoms with Gasteiger partial charge in [0, 0.05) is 30.6 Å². The number of hydrogen-bond acceptors (Lipinski definition) is 4. The maximum Gasteiger partial charge on any atom is 0.280 e. The molecule has 0 saturated heterocycles. The second-order valence-electron chi connectivity index (χ2n) is 5.44. The average Bonchev–Trinajstić information content (AvgIpc) is 2.55. The molecule has 0 aliphatic carbocycles. The molecule has 114 valence electrons. The summed E-state index contributed by atoms with van der Waals surface area (Å²) < 4.78 is 0. The van der Waals surface area contributed by atoms with E-state index in [1.165, 1.54) is 0 Å². The number of amides is 3. The molecule has 23 heavy (non-hydrogen) atoms. The lowest BCUT2D eigenvalue weighted by atomic mass is 9.93. The highest BCUT2D eigenvalue weighted by atomic mass is 16.2. The molecule has 3 rings (SSSR count). The molecule has 0 spiro atoms. The zero-order chi connectivity index (χ0) is 16.7. The molecular formula is C16H14BN3O3. The molecule has 1 N–H and O–H groups in total. The predicted octanol–water partition coefficient (Wildman–Crippen LogP) is 1.12. The van der Waals surface area contributed by atoms with Gasteiger partial charge in [-0.25, -0.2) is 0 Å². The van der Waals surface area contributed by atoms with Crippen molar-refractivity contribution in [1.29, 1.82) is 0 Å². The lowest BCUT2D eigenvalue weighted by molar-refractivity contribution is -0.122. The van der Waals surface area contributed by atoms with E-state index in [0.717, 1.165) is 16.1 Å². The lowest BCUT2D eigenvalue weighted by Gasteiger charge is -2.28. The molecule has 2 aromatic rings. The molecule has 0 fully saturated rings. The number of nitrogens with zero attached hydrogens (tertiary/aromatic N) is 2. The average molecular weight is 307 g/mol. The third-order valence-corrected chi connectivity index (χ3v) is 3.79. The summed E-state index contributed by atoms with van der Waals surface area (Å²) in [4.78, 5) is 38.6. The van der Waals surface area contributed by atoms with Crippen LogP contribution in [-0.2, 0) is 4.79 Å². The van der Waals surface area contributed by atoms with Crippen LogP contribution in [0.15, 0.2) is 30.3 Å². The van der Waals surface area contributed by atoms with Crippen LogP contribution in [0, 0.1) is 0 Å². The Morgan fingerprint density at radius 1 is 1.13 bits per heavy atom. The molecule has 6 nitrogen and oxygen atoms in total. The van der Waals surface area contributed by atoms with Crippen molar-refractivity contribution in [3.05, 3.63) is 41.5 Å². The van der Waals surface area contributed by atoms with Gasteiger partial charge in [-0.1, -0.05) is 12.1 Å². The summed E-state index contributed by atoms with van der Waals surface area (Å²) in [6.45, 7) is 0. The lowest BCUT2D eigenvalue weighted by Crippen LogP contribution is -2.51. The van der Waals surface area contributed by atoms with Crippen molar-refractivity contribution < 1.29 is 14.4 Å². The normalized spacial score (nSPS) is 13.4. The van der Waals surface area contributed by atoms with Crippen LogP contribution in [0.2, 0.25) is 6.32 Å². The zero-order valence-electron chi connectivity index (χ0n) is 12.8. The third-order valence-electron chi connectivity index (χ3n) is 3.79. The van der Waals surface area contributed by atoms with Crippen LogP contribution in [0.1, 0.15) is 20.7 Å². The first-order valence-corrected chi connectivity index (χ1v) is 7.07. The Labute approximate surface area is 134 Å². The molecule has 0 bridgehead atoms. The van der Waals surface area contributed by atoms with Gasteiger partial charge >= 0.3 is 0 Å². The molecule has 0 atom stereocenters. The van der Waals surface area contributed by atoms with Crippen molar-refractivity contribution in [1.82, 2.24) is 10.4 Å². The van der Waals surface area contributed by atoms with Gasteiger partial charge in [-0.15, -0.1) is 0 Å². The first-order chi connectivity index (χ1) is 11.0. The zero-order valence-corrected chi connectivity index (χ0v) is 12.8. The molecular weight excluding hydrogens is 293 g/mol. The fourth-order valence-corrected chi connectivity index (χ4v) is 2.74. The second kappa shape index (κ2) is 5.42. The molecule has 0 unspecified atom stereocenters. The fraction of sp³-hybridized carbons (Fsp3) is 0.188. The Balaban J connectivity index is 2.23. The number of nitrogens with one attached hydrogen (secondary N) is 1. The van der Waals surface area contributed by atoms with Gasteiger partial charge < -0.3 is 4.90 Å². The fourth-order valence-electron chi connectivity index (χ4n) is 2.74. The van der Waals surface area contributed by atoms with Gasteiger partial charge in [-0.3, -0.25) is 19.8 Å². The maximum absolute atomic E-state index is 12.6. The van der Waals surface area contributed by atoms with E-state index < -0.39 is 17.7 Å². The van der Waals surface area contributed by atoms with Crippen LogP contribution in [-0.4, -0.2) is 44.7 Å². The number of hydrogen-bond donors (Lipinski definition) is 1. The van der Waals surface area contributed by atoms with E-state index in [1.54, 1.807) is 18.2 Å². The van der Waals surface area contributed by atoms with Crippen LogP contribution in [0.5, 0.6) is 0 Å². The molecule has 7 heteroatoms. The second-order valence-corrected chi connectivity index (χ2v) is 5.44. The van der Waals surface area contributed by atoms with E-state index in [4.69, 9.17) is 7.85 Å². The van der Waals surface area contributed by atoms with Gasteiger partial charge in [0.25, 0.3) is 11.8 Å². The first kappa shape index (κ1) is 15.1. The van der Waals surface area contributed by atoms with E-state index in [9.17, 15) is 14.4 Å². The highest BCUT2D eigenvalue weighted by Crippen LogP contribution is 2.34. The largest absolute Gasteiger partial charge is 0.377 e. The quantitative estimate of drug-likeness (QED) is 0.681. The minimum atomic E-state index is -0.604. The van der Waals surface area contributed by atoms with Crippen LogP contribution in [0.25, 0.3) is 10.8 Å². The third kappa shape index (κ3) is 2.25. The number of carbonyl (C=O) groups excluding carboxylic acids is 3. The number of hydrazine groups is 1. The monoisotopic (exact) mass is 307 g/mol. The maximum atomic E-state index is 12.6. The molecule has 2 radical (unpaired) electrons. The van der Waals surface area contributed by atoms with E-state index in [-0.39, 0.29) is 6.32 Å². The standard InChI is InChI=1S/C16H14BN3O3/c1-19(2)12-7-6-11-14-9(12)4-3-5-10(14)15(22)20(16(11)23)18-13(21)8-17/h3-7H,8H2,1-2H3,(H,18,21). The van der Waals surface area contributed by atoms with E-state index >= 15 is 0 Å². The molecule has 2 aromatic carbocycles. The Bertz CT molecular complexity index is 826. The summed E-state index contributed by atoms with van der Waals surface area (Å²) in [5.41, 5.74) is 3.90. The van der Waals surface area contributed by atoms with Crippen molar-refractivity contribution in [3.8, 4) is 0 Å². The number of benzene rings is 2. The molecule has 3 amide bonds. The van der Waals surface area contributed by atoms with Crippen molar-refractivity contribution in [2.45, 2.75) is 6.32 Å². The van der Waals surface area contributed by atoms with E-state index in [1.807, 2.05) is 31.1 Å². The van der Waals surface area contributed by atoms with Gasteiger partial charge in [-0.2, -0.15) is 5.01 Å². The van der Waals surface area contributed by atoms with Gasteiger partial charge in [0.1, 0.15) is 0 Å². The van der Waals surface area contributed by atoms with Crippen LogP contribution in [0.3, 0.4) is 0 Å². The summed E-state index contributed by atoms with van der Waals surface area (Å²) in [6.07, 6.45) is -0.312. The SMILES string of the molecule is [B]CC(=O)NN1C(=O)c2cccc3c(N(C)C)ccc(c23)C1=O. The molecule has 1 heterocycles. The minimum Gasteiger partial charge on any atom is -0.377 e. The highest BCUT2D eigenvalue weighted by Gasteiger charge is 2.34. The van der Waals surface area contributed by atoms with Crippen LogP contribution < -0.4 is 10.3 Å². The Hall–Kier alpha value is -2.83. The summed E-state index contributed by atoms with van der Waals surface area (Å²) in [5, 5.41) is 2.14. The van der Waals surface area contributed by atoms with Gasteiger partial charge in [0.2, 0.25) is 5.91 Å². The number of carbonyl (C=O) groups is 3. The Kier molecular flexibility index (Phi) is 3.56. The highest BCUT2D eigenvalue weighted by molar-refractivity contribution is 6.27. The number of anilines is 1. The molecule has 0 aromatic heterocycles. The van der Waals surface area contributed by atoms with Crippen LogP contribution in [0.4, 0.5) is 5.69 Å². The van der Waals surface area contributed by atoms with Crippen molar-refractivity contribution >= 4 is 42.0 Å². The van der Waals surface area contributed by atoms with Gasteiger partial charge in [0.05, 0.1) is 19.0 Å². The summed E-state index contributed by atoms with van der Waals surface area (Å²) in [5.74, 6) is -1.73. The molecule has 0 saturated carbocycles. The van der Waals surface area contributed by atoms with Crippen molar-refractivity contribution in [3.63, 3.8) is 0 Å². The molecule has 1 aliphatic rings. The van der Waals surface area contributed by atoms with Gasteiger partial charge in [-0.05, 0) is 24.5 Å². The minimum absolute atomic E-state index is 0.312. The van der Waals surface area contributed by atoms with Gasteiger partial charge in [0.15, 0.2) is 0 Å². The predicted molar refractivity (Wildman–Crippen MR) is 87.5 cm³/mol. The summed E-state index contributed by atoms with van der Waals surface area (Å²) in [7, 11) is 9.02. The smallest absolute Gasteiger partial charge is 0.280 e. The number of rotatable bonds is 3. The number of imide groups is 1. The van der Waals surface area contributed by atoms with E-state index in [2.05, 4.69) is 5.43 Å².